The summed E-state index contributed by atoms with van der Waals surface area (Å²) in [5, 5.41) is 10.8. The molecule has 108 valence electrons. The van der Waals surface area contributed by atoms with Gasteiger partial charge in [-0.25, -0.2) is 4.79 Å². The van der Waals surface area contributed by atoms with Crippen LogP contribution in [0.5, 0.6) is 0 Å². The van der Waals surface area contributed by atoms with Crippen LogP contribution in [0, 0.1) is 11.8 Å². The van der Waals surface area contributed by atoms with Gasteiger partial charge in [-0.1, -0.05) is 49.4 Å². The fourth-order valence-corrected chi connectivity index (χ4v) is 3.40. The number of esters is 1. The highest BCUT2D eigenvalue weighted by Crippen LogP contribution is 2.50. The number of rotatable bonds is 3. The zero-order valence-corrected chi connectivity index (χ0v) is 12.2. The van der Waals surface area contributed by atoms with Gasteiger partial charge in [0.05, 0.1) is 7.11 Å². The first-order valence-electron chi connectivity index (χ1n) is 7.03. The van der Waals surface area contributed by atoms with E-state index in [-0.39, 0.29) is 17.8 Å². The average Bonchev–Trinajstić information content (AvgIpc) is 2.73. The molecule has 0 radical (unpaired) electrons. The SMILES string of the molecule is C/C=C/[C@H]1[C@H](C)[C@@H](c2ccccc2)C[C@]1(O)C(=O)OC. The van der Waals surface area contributed by atoms with Crippen molar-refractivity contribution in [3.05, 3.63) is 48.0 Å². The van der Waals surface area contributed by atoms with Crippen LogP contribution in [0.4, 0.5) is 0 Å². The Hall–Kier alpha value is -1.61. The van der Waals surface area contributed by atoms with Crippen molar-refractivity contribution in [2.24, 2.45) is 11.8 Å². The molecular formula is C17H22O3. The highest BCUT2D eigenvalue weighted by atomic mass is 16.5. The second-order valence-corrected chi connectivity index (χ2v) is 5.55. The van der Waals surface area contributed by atoms with E-state index in [0.717, 1.165) is 5.56 Å². The molecule has 1 aromatic carbocycles. The van der Waals surface area contributed by atoms with Crippen molar-refractivity contribution < 1.29 is 14.6 Å². The van der Waals surface area contributed by atoms with Crippen molar-refractivity contribution in [2.45, 2.75) is 31.8 Å². The number of allylic oxidation sites excluding steroid dienone is 1. The van der Waals surface area contributed by atoms with Crippen LogP contribution in [0.3, 0.4) is 0 Å². The van der Waals surface area contributed by atoms with Crippen LogP contribution in [0.15, 0.2) is 42.5 Å². The fraction of sp³-hybridized carbons (Fsp3) is 0.471. The standard InChI is InChI=1S/C17H22O3/c1-4-8-15-12(2)14(13-9-6-5-7-10-13)11-17(15,19)16(18)20-3/h4-10,12,14-15,19H,11H2,1-3H3/b8-4+/t12-,14+,15+,17-/m1/s1. The monoisotopic (exact) mass is 274 g/mol. The Balaban J connectivity index is 2.39. The highest BCUT2D eigenvalue weighted by molar-refractivity contribution is 5.81. The smallest absolute Gasteiger partial charge is 0.338 e. The molecule has 0 bridgehead atoms. The molecule has 0 unspecified atom stereocenters. The predicted octanol–water partition coefficient (Wildman–Crippen LogP) is 2.91. The number of aliphatic hydroxyl groups is 1. The lowest BCUT2D eigenvalue weighted by atomic mass is 9.84. The molecule has 0 amide bonds. The minimum Gasteiger partial charge on any atom is -0.467 e. The normalized spacial score (nSPS) is 33.5. The summed E-state index contributed by atoms with van der Waals surface area (Å²) < 4.78 is 4.82. The topological polar surface area (TPSA) is 46.5 Å². The van der Waals surface area contributed by atoms with E-state index < -0.39 is 11.6 Å². The molecule has 1 aromatic rings. The predicted molar refractivity (Wildman–Crippen MR) is 78.2 cm³/mol. The molecule has 1 aliphatic rings. The molecule has 1 N–H and O–H groups in total. The molecule has 3 heteroatoms. The summed E-state index contributed by atoms with van der Waals surface area (Å²) in [5.74, 6) is -0.421. The number of hydrogen-bond donors (Lipinski definition) is 1. The van der Waals surface area contributed by atoms with Crippen LogP contribution in [-0.2, 0) is 9.53 Å². The third-order valence-electron chi connectivity index (χ3n) is 4.45. The zero-order chi connectivity index (χ0) is 14.8. The van der Waals surface area contributed by atoms with Crippen molar-refractivity contribution in [1.29, 1.82) is 0 Å². The number of hydrogen-bond acceptors (Lipinski definition) is 3. The van der Waals surface area contributed by atoms with Gasteiger partial charge in [0, 0.05) is 5.92 Å². The summed E-state index contributed by atoms with van der Waals surface area (Å²) in [6.07, 6.45) is 4.22. The number of methoxy groups -OCH3 is 1. The molecule has 20 heavy (non-hydrogen) atoms. The largest absolute Gasteiger partial charge is 0.467 e. The molecule has 4 atom stereocenters. The number of ether oxygens (including phenoxy) is 1. The minimum absolute atomic E-state index is 0.154. The van der Waals surface area contributed by atoms with E-state index in [1.54, 1.807) is 0 Å². The minimum atomic E-state index is -1.43. The van der Waals surface area contributed by atoms with Crippen LogP contribution in [0.2, 0.25) is 0 Å². The van der Waals surface area contributed by atoms with Gasteiger partial charge >= 0.3 is 5.97 Å². The summed E-state index contributed by atoms with van der Waals surface area (Å²) in [7, 11) is 1.33. The number of benzene rings is 1. The lowest BCUT2D eigenvalue weighted by Crippen LogP contribution is -2.43. The number of carbonyl (C=O) groups is 1. The van der Waals surface area contributed by atoms with E-state index in [0.29, 0.717) is 6.42 Å². The molecule has 0 saturated heterocycles. The van der Waals surface area contributed by atoms with E-state index in [2.05, 4.69) is 19.1 Å². The molecule has 1 aliphatic carbocycles. The Morgan fingerprint density at radius 3 is 2.60 bits per heavy atom. The van der Waals surface area contributed by atoms with E-state index in [1.165, 1.54) is 7.11 Å². The van der Waals surface area contributed by atoms with Crippen molar-refractivity contribution in [1.82, 2.24) is 0 Å². The average molecular weight is 274 g/mol. The number of carbonyl (C=O) groups excluding carboxylic acids is 1. The van der Waals surface area contributed by atoms with Crippen molar-refractivity contribution >= 4 is 5.97 Å². The van der Waals surface area contributed by atoms with Gasteiger partial charge in [-0.3, -0.25) is 0 Å². The fourth-order valence-electron chi connectivity index (χ4n) is 3.40. The second-order valence-electron chi connectivity index (χ2n) is 5.55. The van der Waals surface area contributed by atoms with Gasteiger partial charge in [-0.15, -0.1) is 0 Å². The third kappa shape index (κ3) is 2.38. The lowest BCUT2D eigenvalue weighted by Gasteiger charge is -2.26. The summed E-state index contributed by atoms with van der Waals surface area (Å²) in [6.45, 7) is 3.99. The maximum atomic E-state index is 12.0. The summed E-state index contributed by atoms with van der Waals surface area (Å²) in [6, 6.07) is 10.1. The summed E-state index contributed by atoms with van der Waals surface area (Å²) in [5.41, 5.74) is -0.268. The van der Waals surface area contributed by atoms with E-state index >= 15 is 0 Å². The Morgan fingerprint density at radius 2 is 2.05 bits per heavy atom. The molecule has 0 aliphatic heterocycles. The first-order chi connectivity index (χ1) is 9.54. The van der Waals surface area contributed by atoms with Gasteiger partial charge in [0.15, 0.2) is 5.60 Å². The van der Waals surface area contributed by atoms with Gasteiger partial charge in [-0.2, -0.15) is 0 Å². The van der Waals surface area contributed by atoms with Crippen LogP contribution < -0.4 is 0 Å². The van der Waals surface area contributed by atoms with Gasteiger partial charge < -0.3 is 9.84 Å². The van der Waals surface area contributed by atoms with Gasteiger partial charge in [0.1, 0.15) is 0 Å². The third-order valence-corrected chi connectivity index (χ3v) is 4.45. The maximum Gasteiger partial charge on any atom is 0.338 e. The van der Waals surface area contributed by atoms with Gasteiger partial charge in [0.2, 0.25) is 0 Å². The quantitative estimate of drug-likeness (QED) is 0.681. The van der Waals surface area contributed by atoms with Crippen molar-refractivity contribution in [2.75, 3.05) is 7.11 Å². The first-order valence-corrected chi connectivity index (χ1v) is 7.03. The maximum absolute atomic E-state index is 12.0. The van der Waals surface area contributed by atoms with E-state index in [9.17, 15) is 9.90 Å². The first kappa shape index (κ1) is 14.8. The Kier molecular flexibility index (Phi) is 4.29. The Bertz CT molecular complexity index is 494. The van der Waals surface area contributed by atoms with Crippen LogP contribution in [0.1, 0.15) is 31.7 Å². The van der Waals surface area contributed by atoms with Crippen LogP contribution in [0.25, 0.3) is 0 Å². The van der Waals surface area contributed by atoms with E-state index in [4.69, 9.17) is 4.74 Å². The van der Waals surface area contributed by atoms with Gasteiger partial charge in [-0.05, 0) is 30.7 Å². The molecule has 0 aromatic heterocycles. The molecule has 0 spiro atoms. The van der Waals surface area contributed by atoms with Crippen LogP contribution in [-0.4, -0.2) is 23.8 Å². The van der Waals surface area contributed by atoms with Crippen molar-refractivity contribution in [3.8, 4) is 0 Å². The van der Waals surface area contributed by atoms with Crippen molar-refractivity contribution in [3.63, 3.8) is 0 Å². The molecule has 2 rings (SSSR count). The molecule has 1 saturated carbocycles. The summed E-state index contributed by atoms with van der Waals surface area (Å²) in [4.78, 5) is 12.0. The molecule has 1 fully saturated rings. The van der Waals surface area contributed by atoms with Crippen LogP contribution >= 0.6 is 0 Å². The molecule has 3 nitrogen and oxygen atoms in total. The molecule has 0 heterocycles. The Morgan fingerprint density at radius 1 is 1.40 bits per heavy atom. The summed E-state index contributed by atoms with van der Waals surface area (Å²) >= 11 is 0. The lowest BCUT2D eigenvalue weighted by molar-refractivity contribution is -0.165. The Labute approximate surface area is 120 Å². The van der Waals surface area contributed by atoms with Gasteiger partial charge in [0.25, 0.3) is 0 Å². The van der Waals surface area contributed by atoms with E-state index in [1.807, 2.05) is 37.3 Å². The second kappa shape index (κ2) is 5.80. The zero-order valence-electron chi connectivity index (χ0n) is 12.2. The highest BCUT2D eigenvalue weighted by Gasteiger charge is 2.55. The molecular weight excluding hydrogens is 252 g/mol.